The van der Waals surface area contributed by atoms with E-state index in [-0.39, 0.29) is 5.92 Å². The Balaban J connectivity index is 1.36. The molecule has 1 saturated carbocycles. The van der Waals surface area contributed by atoms with E-state index in [0.29, 0.717) is 25.0 Å². The standard InChI is InChI=1S/C19H24N2O3/c1-13(19(22)23)8-10-24-17-11-14(12-17)4-6-16-7-5-15-3-2-9-20-18(15)21-16/h2-3,5,7,9,13-14,17H,4,6,8,10-12H2,1H3,(H,22,23). The first kappa shape index (κ1) is 16.8. The Labute approximate surface area is 142 Å². The van der Waals surface area contributed by atoms with Gasteiger partial charge in [-0.15, -0.1) is 0 Å². The van der Waals surface area contributed by atoms with Crippen LogP contribution in [0.25, 0.3) is 11.0 Å². The van der Waals surface area contributed by atoms with Crippen molar-refractivity contribution >= 4 is 17.0 Å². The van der Waals surface area contributed by atoms with Crippen molar-refractivity contribution in [2.24, 2.45) is 11.8 Å². The van der Waals surface area contributed by atoms with Crippen LogP contribution in [-0.4, -0.2) is 33.8 Å². The molecule has 0 spiro atoms. The van der Waals surface area contributed by atoms with Gasteiger partial charge >= 0.3 is 5.97 Å². The number of carboxylic acid groups (broad SMARTS) is 1. The zero-order valence-electron chi connectivity index (χ0n) is 14.0. The zero-order valence-corrected chi connectivity index (χ0v) is 14.0. The second-order valence-corrected chi connectivity index (χ2v) is 6.75. The van der Waals surface area contributed by atoms with Gasteiger partial charge in [0.05, 0.1) is 12.0 Å². The highest BCUT2D eigenvalue weighted by Crippen LogP contribution is 2.33. The van der Waals surface area contributed by atoms with Crippen LogP contribution in [0.2, 0.25) is 0 Å². The van der Waals surface area contributed by atoms with E-state index in [4.69, 9.17) is 9.84 Å². The number of carbonyl (C=O) groups is 1. The van der Waals surface area contributed by atoms with Crippen LogP contribution >= 0.6 is 0 Å². The Kier molecular flexibility index (Phi) is 5.41. The van der Waals surface area contributed by atoms with Gasteiger partial charge in [-0.05, 0) is 62.3 Å². The molecule has 2 aromatic rings. The van der Waals surface area contributed by atoms with Gasteiger partial charge in [0.15, 0.2) is 5.65 Å². The minimum atomic E-state index is -0.748. The van der Waals surface area contributed by atoms with E-state index in [1.54, 1.807) is 13.1 Å². The monoisotopic (exact) mass is 328 g/mol. The summed E-state index contributed by atoms with van der Waals surface area (Å²) >= 11 is 0. The molecule has 5 heteroatoms. The molecule has 0 amide bonds. The number of hydrogen-bond donors (Lipinski definition) is 1. The lowest BCUT2D eigenvalue weighted by Gasteiger charge is -2.35. The summed E-state index contributed by atoms with van der Waals surface area (Å²) in [5, 5.41) is 9.92. The van der Waals surface area contributed by atoms with Gasteiger partial charge in [-0.1, -0.05) is 6.92 Å². The molecule has 2 aromatic heterocycles. The van der Waals surface area contributed by atoms with E-state index in [1.807, 2.05) is 12.1 Å². The van der Waals surface area contributed by atoms with Crippen LogP contribution in [0.15, 0.2) is 30.5 Å². The molecular weight excluding hydrogens is 304 g/mol. The van der Waals surface area contributed by atoms with Gasteiger partial charge in [-0.2, -0.15) is 0 Å². The third-order valence-corrected chi connectivity index (χ3v) is 4.85. The summed E-state index contributed by atoms with van der Waals surface area (Å²) in [5.41, 5.74) is 1.92. The summed E-state index contributed by atoms with van der Waals surface area (Å²) in [6.45, 7) is 2.27. The molecule has 0 radical (unpaired) electrons. The number of aliphatic carboxylic acids is 1. The van der Waals surface area contributed by atoms with Crippen molar-refractivity contribution in [1.29, 1.82) is 0 Å². The third kappa shape index (κ3) is 4.29. The molecule has 1 atom stereocenters. The molecule has 0 saturated heterocycles. The number of nitrogens with zero attached hydrogens (tertiary/aromatic N) is 2. The summed E-state index contributed by atoms with van der Waals surface area (Å²) < 4.78 is 5.75. The van der Waals surface area contributed by atoms with E-state index in [9.17, 15) is 4.79 Å². The van der Waals surface area contributed by atoms with Crippen LogP contribution in [-0.2, 0) is 16.0 Å². The molecule has 3 rings (SSSR count). The van der Waals surface area contributed by atoms with Gasteiger partial charge in [-0.25, -0.2) is 9.97 Å². The highest BCUT2D eigenvalue weighted by molar-refractivity contribution is 5.74. The summed E-state index contributed by atoms with van der Waals surface area (Å²) in [4.78, 5) is 19.7. The Hall–Kier alpha value is -2.01. The maximum absolute atomic E-state index is 10.7. The molecular formula is C19H24N2O3. The molecule has 128 valence electrons. The topological polar surface area (TPSA) is 72.3 Å². The normalized spacial score (nSPS) is 21.4. The highest BCUT2D eigenvalue weighted by atomic mass is 16.5. The summed E-state index contributed by atoms with van der Waals surface area (Å²) in [7, 11) is 0. The maximum atomic E-state index is 10.7. The summed E-state index contributed by atoms with van der Waals surface area (Å²) in [5.74, 6) is -0.385. The third-order valence-electron chi connectivity index (χ3n) is 4.85. The second-order valence-electron chi connectivity index (χ2n) is 6.75. The molecule has 1 aliphatic carbocycles. The number of ether oxygens (including phenoxy) is 1. The quantitative estimate of drug-likeness (QED) is 0.803. The Morgan fingerprint density at radius 2 is 2.21 bits per heavy atom. The average molecular weight is 328 g/mol. The Morgan fingerprint density at radius 3 is 3.00 bits per heavy atom. The maximum Gasteiger partial charge on any atom is 0.306 e. The Morgan fingerprint density at radius 1 is 1.38 bits per heavy atom. The first-order valence-corrected chi connectivity index (χ1v) is 8.67. The van der Waals surface area contributed by atoms with Gasteiger partial charge < -0.3 is 9.84 Å². The number of rotatable bonds is 8. The number of hydrogen-bond acceptors (Lipinski definition) is 4. The highest BCUT2D eigenvalue weighted by Gasteiger charge is 2.29. The van der Waals surface area contributed by atoms with Gasteiger partial charge in [-0.3, -0.25) is 4.79 Å². The Bertz CT molecular complexity index is 698. The lowest BCUT2D eigenvalue weighted by atomic mass is 9.79. The van der Waals surface area contributed by atoms with E-state index < -0.39 is 5.97 Å². The molecule has 1 N–H and O–H groups in total. The lowest BCUT2D eigenvalue weighted by molar-refractivity contribution is -0.142. The predicted octanol–water partition coefficient (Wildman–Crippen LogP) is 3.47. The number of pyridine rings is 2. The minimum Gasteiger partial charge on any atom is -0.481 e. The first-order chi connectivity index (χ1) is 11.6. The van der Waals surface area contributed by atoms with Crippen molar-refractivity contribution in [3.05, 3.63) is 36.2 Å². The predicted molar refractivity (Wildman–Crippen MR) is 91.7 cm³/mol. The van der Waals surface area contributed by atoms with E-state index in [1.165, 1.54) is 0 Å². The summed E-state index contributed by atoms with van der Waals surface area (Å²) in [6, 6.07) is 8.12. The van der Waals surface area contributed by atoms with E-state index in [2.05, 4.69) is 22.1 Å². The van der Waals surface area contributed by atoms with Crippen LogP contribution in [0.1, 0.15) is 38.3 Å². The number of fused-ring (bicyclic) bond motifs is 1. The minimum absolute atomic E-state index is 0.308. The van der Waals surface area contributed by atoms with Crippen molar-refractivity contribution in [3.8, 4) is 0 Å². The van der Waals surface area contributed by atoms with E-state index in [0.717, 1.165) is 42.4 Å². The molecule has 24 heavy (non-hydrogen) atoms. The average Bonchev–Trinajstić information content (AvgIpc) is 2.55. The molecule has 0 aromatic carbocycles. The van der Waals surface area contributed by atoms with Crippen molar-refractivity contribution < 1.29 is 14.6 Å². The fraction of sp³-hybridized carbons (Fsp3) is 0.526. The van der Waals surface area contributed by atoms with Crippen molar-refractivity contribution in [2.75, 3.05) is 6.61 Å². The van der Waals surface area contributed by atoms with Crippen molar-refractivity contribution in [3.63, 3.8) is 0 Å². The van der Waals surface area contributed by atoms with Crippen LogP contribution in [0.4, 0.5) is 0 Å². The second kappa shape index (κ2) is 7.71. The fourth-order valence-electron chi connectivity index (χ4n) is 3.06. The van der Waals surface area contributed by atoms with Gasteiger partial charge in [0.1, 0.15) is 0 Å². The molecule has 1 fully saturated rings. The lowest BCUT2D eigenvalue weighted by Crippen LogP contribution is -2.32. The molecule has 1 unspecified atom stereocenters. The smallest absolute Gasteiger partial charge is 0.306 e. The van der Waals surface area contributed by atoms with Crippen LogP contribution in [0.5, 0.6) is 0 Å². The fourth-order valence-corrected chi connectivity index (χ4v) is 3.06. The largest absolute Gasteiger partial charge is 0.481 e. The van der Waals surface area contributed by atoms with Gasteiger partial charge in [0, 0.05) is 23.9 Å². The van der Waals surface area contributed by atoms with Crippen LogP contribution < -0.4 is 0 Å². The number of aromatic nitrogens is 2. The van der Waals surface area contributed by atoms with Crippen molar-refractivity contribution in [1.82, 2.24) is 9.97 Å². The summed E-state index contributed by atoms with van der Waals surface area (Å²) in [6.07, 6.45) is 6.92. The zero-order chi connectivity index (χ0) is 16.9. The molecule has 0 aliphatic heterocycles. The van der Waals surface area contributed by atoms with Crippen LogP contribution in [0.3, 0.4) is 0 Å². The van der Waals surface area contributed by atoms with Gasteiger partial charge in [0.2, 0.25) is 0 Å². The van der Waals surface area contributed by atoms with Gasteiger partial charge in [0.25, 0.3) is 0 Å². The molecule has 5 nitrogen and oxygen atoms in total. The first-order valence-electron chi connectivity index (χ1n) is 8.67. The number of aryl methyl sites for hydroxylation is 1. The molecule has 0 bridgehead atoms. The molecule has 1 aliphatic rings. The van der Waals surface area contributed by atoms with E-state index >= 15 is 0 Å². The van der Waals surface area contributed by atoms with Crippen molar-refractivity contribution in [2.45, 2.75) is 45.1 Å². The SMILES string of the molecule is CC(CCOC1CC(CCc2ccc3cccnc3n2)C1)C(=O)O. The number of carboxylic acids is 1. The molecule has 2 heterocycles. The van der Waals surface area contributed by atoms with Crippen LogP contribution in [0, 0.1) is 11.8 Å².